The minimum Gasteiger partial charge on any atom is -0.384 e. The molecule has 0 saturated heterocycles. The monoisotopic (exact) mass is 216 g/mol. The van der Waals surface area contributed by atoms with Crippen molar-refractivity contribution in [2.75, 3.05) is 20.3 Å². The van der Waals surface area contributed by atoms with Crippen LogP contribution in [0.1, 0.15) is 27.2 Å². The smallest absolute Gasteiger partial charge is 0.221 e. The van der Waals surface area contributed by atoms with Gasteiger partial charge in [-0.25, -0.2) is 0 Å². The van der Waals surface area contributed by atoms with Crippen LogP contribution in [0, 0.1) is 11.8 Å². The van der Waals surface area contributed by atoms with Gasteiger partial charge in [-0.05, 0) is 11.8 Å². The van der Waals surface area contributed by atoms with Gasteiger partial charge in [0.1, 0.15) is 0 Å². The highest BCUT2D eigenvalue weighted by Crippen LogP contribution is 2.02. The second-order valence-electron chi connectivity index (χ2n) is 4.48. The molecule has 90 valence electrons. The molecule has 0 fully saturated rings. The minimum atomic E-state index is -0.0530. The average Bonchev–Trinajstić information content (AvgIpc) is 2.15. The maximum absolute atomic E-state index is 11.4. The lowest BCUT2D eigenvalue weighted by molar-refractivity contribution is -0.121. The van der Waals surface area contributed by atoms with Crippen molar-refractivity contribution in [3.63, 3.8) is 0 Å². The van der Waals surface area contributed by atoms with Gasteiger partial charge in [0.15, 0.2) is 0 Å². The molecule has 0 rings (SSSR count). The summed E-state index contributed by atoms with van der Waals surface area (Å²) in [5, 5.41) is 2.85. The van der Waals surface area contributed by atoms with Gasteiger partial charge >= 0.3 is 0 Å². The Morgan fingerprint density at radius 3 is 2.47 bits per heavy atom. The number of hydrogen-bond acceptors (Lipinski definition) is 3. The van der Waals surface area contributed by atoms with E-state index in [-0.39, 0.29) is 11.9 Å². The van der Waals surface area contributed by atoms with Crippen LogP contribution in [0.15, 0.2) is 0 Å². The van der Waals surface area contributed by atoms with Gasteiger partial charge in [0, 0.05) is 26.1 Å². The van der Waals surface area contributed by atoms with Crippen LogP contribution in [0.3, 0.4) is 0 Å². The van der Waals surface area contributed by atoms with Crippen molar-refractivity contribution >= 4 is 5.91 Å². The van der Waals surface area contributed by atoms with Crippen molar-refractivity contribution in [1.29, 1.82) is 0 Å². The molecular weight excluding hydrogens is 192 g/mol. The molecule has 0 aromatic heterocycles. The first-order chi connectivity index (χ1) is 6.97. The van der Waals surface area contributed by atoms with E-state index >= 15 is 0 Å². The lowest BCUT2D eigenvalue weighted by Gasteiger charge is -2.16. The Labute approximate surface area is 92.6 Å². The Kier molecular flexibility index (Phi) is 7.34. The van der Waals surface area contributed by atoms with E-state index in [4.69, 9.17) is 10.5 Å². The number of nitrogens with two attached hydrogens (primary N) is 1. The van der Waals surface area contributed by atoms with Gasteiger partial charge in [0.25, 0.3) is 0 Å². The Morgan fingerprint density at radius 1 is 1.40 bits per heavy atom. The van der Waals surface area contributed by atoms with Crippen LogP contribution in [0.2, 0.25) is 0 Å². The second-order valence-corrected chi connectivity index (χ2v) is 4.48. The first kappa shape index (κ1) is 14.4. The lowest BCUT2D eigenvalue weighted by Crippen LogP contribution is -2.36. The van der Waals surface area contributed by atoms with Gasteiger partial charge in [-0.15, -0.1) is 0 Å². The summed E-state index contributed by atoms with van der Waals surface area (Å²) in [6.45, 7) is 7.39. The predicted molar refractivity (Wildman–Crippen MR) is 61.5 cm³/mol. The zero-order valence-electron chi connectivity index (χ0n) is 10.2. The van der Waals surface area contributed by atoms with Crippen LogP contribution < -0.4 is 11.1 Å². The molecule has 0 aromatic carbocycles. The highest BCUT2D eigenvalue weighted by Gasteiger charge is 2.13. The third kappa shape index (κ3) is 7.33. The molecule has 0 aliphatic heterocycles. The second kappa shape index (κ2) is 7.65. The molecule has 1 amide bonds. The highest BCUT2D eigenvalue weighted by atomic mass is 16.5. The quantitative estimate of drug-likeness (QED) is 0.660. The number of hydrogen-bond donors (Lipinski definition) is 2. The standard InChI is InChI=1S/C11H24N2O2/c1-8(2)10(12)5-11(14)13-6-9(3)7-15-4/h8-10H,5-7,12H2,1-4H3,(H,13,14). The van der Waals surface area contributed by atoms with E-state index in [0.717, 1.165) is 0 Å². The molecule has 0 aliphatic rings. The summed E-state index contributed by atoms with van der Waals surface area (Å²) in [5.41, 5.74) is 5.80. The normalized spacial score (nSPS) is 15.1. The molecule has 0 heterocycles. The van der Waals surface area contributed by atoms with Crippen molar-refractivity contribution in [3.05, 3.63) is 0 Å². The molecule has 2 unspecified atom stereocenters. The van der Waals surface area contributed by atoms with E-state index < -0.39 is 0 Å². The van der Waals surface area contributed by atoms with Crippen molar-refractivity contribution < 1.29 is 9.53 Å². The average molecular weight is 216 g/mol. The molecule has 0 aromatic rings. The van der Waals surface area contributed by atoms with Crippen LogP contribution in [0.4, 0.5) is 0 Å². The summed E-state index contributed by atoms with van der Waals surface area (Å²) in [6.07, 6.45) is 0.400. The van der Waals surface area contributed by atoms with E-state index in [1.54, 1.807) is 7.11 Å². The molecule has 0 spiro atoms. The summed E-state index contributed by atoms with van der Waals surface area (Å²) in [4.78, 5) is 11.4. The van der Waals surface area contributed by atoms with Crippen molar-refractivity contribution in [1.82, 2.24) is 5.32 Å². The van der Waals surface area contributed by atoms with Crippen LogP contribution >= 0.6 is 0 Å². The number of carbonyl (C=O) groups is 1. The van der Waals surface area contributed by atoms with Gasteiger partial charge in [-0.1, -0.05) is 20.8 Å². The Hall–Kier alpha value is -0.610. The van der Waals surface area contributed by atoms with Gasteiger partial charge in [0.2, 0.25) is 5.91 Å². The maximum Gasteiger partial charge on any atom is 0.221 e. The fourth-order valence-electron chi connectivity index (χ4n) is 1.15. The van der Waals surface area contributed by atoms with Gasteiger partial charge in [0.05, 0.1) is 6.61 Å². The third-order valence-corrected chi connectivity index (χ3v) is 2.38. The summed E-state index contributed by atoms with van der Waals surface area (Å²) < 4.78 is 4.98. The van der Waals surface area contributed by atoms with Gasteiger partial charge in [-0.3, -0.25) is 4.79 Å². The molecule has 2 atom stereocenters. The minimum absolute atomic E-state index is 0.0270. The van der Waals surface area contributed by atoms with Gasteiger partial charge in [-0.2, -0.15) is 0 Å². The van der Waals surface area contributed by atoms with Crippen LogP contribution in [0.25, 0.3) is 0 Å². The molecule has 0 aliphatic carbocycles. The Morgan fingerprint density at radius 2 is 2.00 bits per heavy atom. The summed E-state index contributed by atoms with van der Waals surface area (Å²) in [6, 6.07) is -0.0530. The number of ether oxygens (including phenoxy) is 1. The maximum atomic E-state index is 11.4. The fraction of sp³-hybridized carbons (Fsp3) is 0.909. The number of methoxy groups -OCH3 is 1. The predicted octanol–water partition coefficient (Wildman–Crippen LogP) is 0.759. The first-order valence-electron chi connectivity index (χ1n) is 5.48. The van der Waals surface area contributed by atoms with E-state index in [1.165, 1.54) is 0 Å². The summed E-state index contributed by atoms with van der Waals surface area (Å²) in [7, 11) is 1.66. The van der Waals surface area contributed by atoms with E-state index in [2.05, 4.69) is 5.32 Å². The van der Waals surface area contributed by atoms with Crippen LogP contribution in [0.5, 0.6) is 0 Å². The molecular formula is C11H24N2O2. The van der Waals surface area contributed by atoms with E-state index in [0.29, 0.717) is 31.4 Å². The molecule has 0 radical (unpaired) electrons. The fourth-order valence-corrected chi connectivity index (χ4v) is 1.15. The molecule has 4 nitrogen and oxygen atoms in total. The molecule has 0 bridgehead atoms. The topological polar surface area (TPSA) is 64.3 Å². The van der Waals surface area contributed by atoms with E-state index in [9.17, 15) is 4.79 Å². The van der Waals surface area contributed by atoms with Crippen LogP contribution in [-0.4, -0.2) is 32.2 Å². The van der Waals surface area contributed by atoms with Crippen molar-refractivity contribution in [2.24, 2.45) is 17.6 Å². The third-order valence-electron chi connectivity index (χ3n) is 2.38. The van der Waals surface area contributed by atoms with E-state index in [1.807, 2.05) is 20.8 Å². The summed E-state index contributed by atoms with van der Waals surface area (Å²) >= 11 is 0. The lowest BCUT2D eigenvalue weighted by atomic mass is 10.0. The van der Waals surface area contributed by atoms with Gasteiger partial charge < -0.3 is 15.8 Å². The Balaban J connectivity index is 3.66. The Bertz CT molecular complexity index is 183. The van der Waals surface area contributed by atoms with Crippen molar-refractivity contribution in [3.8, 4) is 0 Å². The molecule has 0 saturated carbocycles. The molecule has 3 N–H and O–H groups in total. The first-order valence-corrected chi connectivity index (χ1v) is 5.48. The molecule has 4 heteroatoms. The number of amides is 1. The SMILES string of the molecule is COCC(C)CNC(=O)CC(N)C(C)C. The zero-order chi connectivity index (χ0) is 11.8. The largest absolute Gasteiger partial charge is 0.384 e. The zero-order valence-corrected chi connectivity index (χ0v) is 10.2. The van der Waals surface area contributed by atoms with Crippen LogP contribution in [-0.2, 0) is 9.53 Å². The molecule has 15 heavy (non-hydrogen) atoms. The highest BCUT2D eigenvalue weighted by molar-refractivity contribution is 5.76. The number of nitrogens with one attached hydrogen (secondary N) is 1. The number of rotatable bonds is 7. The van der Waals surface area contributed by atoms with Crippen molar-refractivity contribution in [2.45, 2.75) is 33.2 Å². The number of carbonyl (C=O) groups excluding carboxylic acids is 1. The summed E-state index contributed by atoms with van der Waals surface area (Å²) in [5.74, 6) is 0.709.